The standard InChI is InChI=1S/C27H22ClNO6/c1-4-34-18-9-7-17(8-10-18)29-24(15-5-11-21(32-2)22(13-15)33-3)23-25(30)19-14-16(28)6-12-20(19)35-26(23)27(29)31/h5-14,24H,4H2,1-3H3. The van der Waals surface area contributed by atoms with Crippen molar-refractivity contribution >= 4 is 34.2 Å². The van der Waals surface area contributed by atoms with Gasteiger partial charge in [0, 0.05) is 10.7 Å². The molecule has 1 unspecified atom stereocenters. The molecule has 0 bridgehead atoms. The van der Waals surface area contributed by atoms with Gasteiger partial charge in [-0.2, -0.15) is 0 Å². The smallest absolute Gasteiger partial charge is 0.295 e. The molecule has 0 saturated heterocycles. The maximum absolute atomic E-state index is 13.7. The van der Waals surface area contributed by atoms with Crippen LogP contribution >= 0.6 is 11.6 Å². The van der Waals surface area contributed by atoms with Crippen LogP contribution in [-0.4, -0.2) is 26.7 Å². The molecule has 0 fully saturated rings. The quantitative estimate of drug-likeness (QED) is 0.349. The van der Waals surface area contributed by atoms with Gasteiger partial charge in [0.1, 0.15) is 11.3 Å². The monoisotopic (exact) mass is 491 g/mol. The summed E-state index contributed by atoms with van der Waals surface area (Å²) in [6.07, 6.45) is 0. The lowest BCUT2D eigenvalue weighted by molar-refractivity contribution is 0.0971. The SMILES string of the molecule is CCOc1ccc(N2C(=O)c3oc4ccc(Cl)cc4c(=O)c3C2c2ccc(OC)c(OC)c2)cc1. The van der Waals surface area contributed by atoms with E-state index in [-0.39, 0.29) is 16.8 Å². The van der Waals surface area contributed by atoms with E-state index in [0.29, 0.717) is 51.1 Å². The summed E-state index contributed by atoms with van der Waals surface area (Å²) < 4.78 is 22.4. The van der Waals surface area contributed by atoms with E-state index < -0.39 is 11.9 Å². The molecule has 2 heterocycles. The van der Waals surface area contributed by atoms with E-state index in [9.17, 15) is 9.59 Å². The van der Waals surface area contributed by atoms with Gasteiger partial charge in [-0.15, -0.1) is 0 Å². The van der Waals surface area contributed by atoms with Crippen LogP contribution in [-0.2, 0) is 0 Å². The summed E-state index contributed by atoms with van der Waals surface area (Å²) in [5, 5.41) is 0.711. The number of carbonyl (C=O) groups is 1. The summed E-state index contributed by atoms with van der Waals surface area (Å²) in [7, 11) is 3.08. The Bertz CT molecular complexity index is 1490. The van der Waals surface area contributed by atoms with Gasteiger partial charge < -0.3 is 18.6 Å². The summed E-state index contributed by atoms with van der Waals surface area (Å²) in [5.41, 5.74) is 1.48. The molecule has 178 valence electrons. The lowest BCUT2D eigenvalue weighted by atomic mass is 9.97. The number of anilines is 1. The minimum atomic E-state index is -0.755. The average Bonchev–Trinajstić information content (AvgIpc) is 3.17. The van der Waals surface area contributed by atoms with Gasteiger partial charge >= 0.3 is 0 Å². The highest BCUT2D eigenvalue weighted by molar-refractivity contribution is 6.31. The fourth-order valence-electron chi connectivity index (χ4n) is 4.42. The fourth-order valence-corrected chi connectivity index (χ4v) is 4.59. The van der Waals surface area contributed by atoms with Crippen LogP contribution in [0.15, 0.2) is 69.9 Å². The minimum Gasteiger partial charge on any atom is -0.494 e. The van der Waals surface area contributed by atoms with Gasteiger partial charge in [-0.1, -0.05) is 17.7 Å². The highest BCUT2D eigenvalue weighted by Gasteiger charge is 2.44. The molecule has 0 radical (unpaired) electrons. The first-order chi connectivity index (χ1) is 17.0. The number of nitrogens with zero attached hydrogens (tertiary/aromatic N) is 1. The molecule has 7 nitrogen and oxygen atoms in total. The number of benzene rings is 3. The Balaban J connectivity index is 1.76. The van der Waals surface area contributed by atoms with Gasteiger partial charge in [-0.05, 0) is 67.1 Å². The van der Waals surface area contributed by atoms with Crippen LogP contribution < -0.4 is 24.5 Å². The Labute approximate surface area is 206 Å². The maximum atomic E-state index is 13.7. The predicted octanol–water partition coefficient (Wildman–Crippen LogP) is 5.61. The molecule has 1 aliphatic rings. The lowest BCUT2D eigenvalue weighted by Crippen LogP contribution is -2.29. The molecule has 0 spiro atoms. The summed E-state index contributed by atoms with van der Waals surface area (Å²) in [6.45, 7) is 2.42. The Hall–Kier alpha value is -3.97. The third-order valence-corrected chi connectivity index (χ3v) is 6.22. The number of halogens is 1. The zero-order valence-corrected chi connectivity index (χ0v) is 20.1. The summed E-state index contributed by atoms with van der Waals surface area (Å²) in [6, 6.07) is 16.4. The van der Waals surface area contributed by atoms with Crippen LogP contribution in [0, 0.1) is 0 Å². The molecule has 35 heavy (non-hydrogen) atoms. The summed E-state index contributed by atoms with van der Waals surface area (Å²) in [4.78, 5) is 29.0. The van der Waals surface area contributed by atoms with Crippen molar-refractivity contribution in [1.29, 1.82) is 0 Å². The van der Waals surface area contributed by atoms with Crippen molar-refractivity contribution in [3.8, 4) is 17.2 Å². The Morgan fingerprint density at radius 3 is 2.37 bits per heavy atom. The number of amides is 1. The molecule has 1 atom stereocenters. The molecule has 0 aliphatic carbocycles. The molecule has 3 aromatic carbocycles. The topological polar surface area (TPSA) is 78.2 Å². The van der Waals surface area contributed by atoms with Crippen LogP contribution in [0.25, 0.3) is 11.0 Å². The van der Waals surface area contributed by atoms with Crippen LogP contribution in [0.3, 0.4) is 0 Å². The fraction of sp³-hybridized carbons (Fsp3) is 0.185. The Morgan fingerprint density at radius 1 is 0.943 bits per heavy atom. The van der Waals surface area contributed by atoms with E-state index in [1.165, 1.54) is 7.11 Å². The number of fused-ring (bicyclic) bond motifs is 2. The van der Waals surface area contributed by atoms with E-state index in [4.69, 9.17) is 30.2 Å². The van der Waals surface area contributed by atoms with Crippen molar-refractivity contribution in [3.05, 3.63) is 92.8 Å². The first-order valence-corrected chi connectivity index (χ1v) is 11.4. The van der Waals surface area contributed by atoms with E-state index >= 15 is 0 Å². The van der Waals surface area contributed by atoms with Crippen molar-refractivity contribution in [2.45, 2.75) is 13.0 Å². The second kappa shape index (κ2) is 9.00. The first kappa shape index (κ1) is 22.8. The second-order valence-corrected chi connectivity index (χ2v) is 8.37. The van der Waals surface area contributed by atoms with Crippen molar-refractivity contribution in [2.75, 3.05) is 25.7 Å². The van der Waals surface area contributed by atoms with E-state index in [1.807, 2.05) is 6.92 Å². The van der Waals surface area contributed by atoms with Crippen LogP contribution in [0.1, 0.15) is 34.6 Å². The highest BCUT2D eigenvalue weighted by atomic mass is 35.5. The third kappa shape index (κ3) is 3.78. The molecule has 8 heteroatoms. The van der Waals surface area contributed by atoms with Crippen molar-refractivity contribution in [3.63, 3.8) is 0 Å². The largest absolute Gasteiger partial charge is 0.494 e. The van der Waals surface area contributed by atoms with Gasteiger partial charge in [-0.3, -0.25) is 14.5 Å². The number of ether oxygens (including phenoxy) is 3. The van der Waals surface area contributed by atoms with E-state index in [1.54, 1.807) is 72.7 Å². The molecule has 1 aliphatic heterocycles. The summed E-state index contributed by atoms with van der Waals surface area (Å²) >= 11 is 6.16. The summed E-state index contributed by atoms with van der Waals surface area (Å²) in [5.74, 6) is 1.27. The van der Waals surface area contributed by atoms with Crippen molar-refractivity contribution in [1.82, 2.24) is 0 Å². The molecule has 1 amide bonds. The zero-order valence-electron chi connectivity index (χ0n) is 19.3. The molecular weight excluding hydrogens is 470 g/mol. The Kier molecular flexibility index (Phi) is 5.86. The zero-order chi connectivity index (χ0) is 24.7. The normalized spacial score (nSPS) is 14.8. The molecular formula is C27H22ClNO6. The number of methoxy groups -OCH3 is 2. The number of rotatable bonds is 6. The van der Waals surface area contributed by atoms with E-state index in [0.717, 1.165) is 0 Å². The Morgan fingerprint density at radius 2 is 1.69 bits per heavy atom. The average molecular weight is 492 g/mol. The maximum Gasteiger partial charge on any atom is 0.295 e. The molecule has 5 rings (SSSR count). The van der Waals surface area contributed by atoms with Crippen molar-refractivity contribution < 1.29 is 23.4 Å². The van der Waals surface area contributed by atoms with Crippen LogP contribution in [0.2, 0.25) is 5.02 Å². The van der Waals surface area contributed by atoms with Gasteiger partial charge in [0.15, 0.2) is 16.9 Å². The molecule has 4 aromatic rings. The van der Waals surface area contributed by atoms with Gasteiger partial charge in [0.05, 0.1) is 37.8 Å². The molecule has 0 saturated carbocycles. The van der Waals surface area contributed by atoms with E-state index in [2.05, 4.69) is 0 Å². The highest BCUT2D eigenvalue weighted by Crippen LogP contribution is 2.43. The van der Waals surface area contributed by atoms with Gasteiger partial charge in [0.25, 0.3) is 5.91 Å². The molecule has 1 aromatic heterocycles. The predicted molar refractivity (Wildman–Crippen MR) is 133 cm³/mol. The third-order valence-electron chi connectivity index (χ3n) is 5.98. The minimum absolute atomic E-state index is 0.00140. The number of hydrogen-bond donors (Lipinski definition) is 0. The molecule has 0 N–H and O–H groups in total. The van der Waals surface area contributed by atoms with Gasteiger partial charge in [0.2, 0.25) is 5.76 Å². The lowest BCUT2D eigenvalue weighted by Gasteiger charge is -2.26. The number of carbonyl (C=O) groups excluding carboxylic acids is 1. The second-order valence-electron chi connectivity index (χ2n) is 7.93. The first-order valence-electron chi connectivity index (χ1n) is 11.0. The van der Waals surface area contributed by atoms with Crippen molar-refractivity contribution in [2.24, 2.45) is 0 Å². The number of hydrogen-bond acceptors (Lipinski definition) is 6. The van der Waals surface area contributed by atoms with Crippen LogP contribution in [0.4, 0.5) is 5.69 Å². The van der Waals surface area contributed by atoms with Gasteiger partial charge in [-0.25, -0.2) is 0 Å². The van der Waals surface area contributed by atoms with Crippen LogP contribution in [0.5, 0.6) is 17.2 Å².